The summed E-state index contributed by atoms with van der Waals surface area (Å²) >= 11 is 0. The Kier molecular flexibility index (Phi) is 5.22. The second-order valence-electron chi connectivity index (χ2n) is 9.72. The number of fused-ring (bicyclic) bond motifs is 2. The molecule has 0 spiro atoms. The molecule has 184 valence electrons. The lowest BCUT2D eigenvalue weighted by Gasteiger charge is -2.41. The molecule has 3 aliphatic rings. The van der Waals surface area contributed by atoms with Crippen molar-refractivity contribution in [2.45, 2.75) is 38.5 Å². The number of aryl methyl sites for hydroxylation is 2. The minimum Gasteiger partial charge on any atom is -0.480 e. The normalized spacial score (nSPS) is 22.3. The highest BCUT2D eigenvalue weighted by Gasteiger charge is 2.45. The van der Waals surface area contributed by atoms with E-state index >= 15 is 4.39 Å². The molecular weight excluding hydrogens is 461 g/mol. The molecule has 3 aromatic rings. The number of rotatable bonds is 4. The number of carboxylic acids is 1. The van der Waals surface area contributed by atoms with Gasteiger partial charge in [0.1, 0.15) is 23.2 Å². The van der Waals surface area contributed by atoms with Crippen LogP contribution in [0.15, 0.2) is 59.3 Å². The molecule has 3 heterocycles. The summed E-state index contributed by atoms with van der Waals surface area (Å²) in [6.07, 6.45) is 2.58. The fourth-order valence-electron chi connectivity index (χ4n) is 5.73. The van der Waals surface area contributed by atoms with Crippen LogP contribution in [0.25, 0.3) is 11.8 Å². The van der Waals surface area contributed by atoms with Gasteiger partial charge in [-0.1, -0.05) is 30.3 Å². The number of carbonyl (C=O) groups is 1. The molecule has 1 saturated heterocycles. The zero-order chi connectivity index (χ0) is 25.1. The second-order valence-corrected chi connectivity index (χ2v) is 9.72. The molecule has 0 saturated carbocycles. The molecule has 1 aliphatic carbocycles. The van der Waals surface area contributed by atoms with Crippen LogP contribution in [0.4, 0.5) is 10.1 Å². The maximum absolute atomic E-state index is 15.8. The van der Waals surface area contributed by atoms with Crippen LogP contribution < -0.4 is 15.5 Å². The number of nitrogens with zero attached hydrogens (tertiary/aromatic N) is 2. The zero-order valence-corrected chi connectivity index (χ0v) is 20.0. The van der Waals surface area contributed by atoms with E-state index in [1.54, 1.807) is 16.7 Å². The highest BCUT2D eigenvalue weighted by molar-refractivity contribution is 5.88. The number of nitrogens with one attached hydrogen (secondary N) is 1. The Labute approximate surface area is 207 Å². The van der Waals surface area contributed by atoms with Gasteiger partial charge < -0.3 is 19.7 Å². The molecule has 0 radical (unpaired) electrons. The molecule has 8 heteroatoms. The minimum atomic E-state index is -1.34. The van der Waals surface area contributed by atoms with Crippen molar-refractivity contribution in [3.05, 3.63) is 92.7 Å². The summed E-state index contributed by atoms with van der Waals surface area (Å²) in [5.41, 5.74) is 3.48. The first kappa shape index (κ1) is 22.5. The van der Waals surface area contributed by atoms with Crippen LogP contribution >= 0.6 is 0 Å². The van der Waals surface area contributed by atoms with E-state index in [0.717, 1.165) is 23.2 Å². The highest BCUT2D eigenvalue weighted by atomic mass is 19.1. The van der Waals surface area contributed by atoms with Crippen LogP contribution in [0.3, 0.4) is 0 Å². The molecule has 0 bridgehead atoms. The lowest BCUT2D eigenvalue weighted by molar-refractivity contribution is 0.0684. The lowest BCUT2D eigenvalue weighted by atomic mass is 9.90. The number of carboxylic acid groups (broad SMARTS) is 1. The lowest BCUT2D eigenvalue weighted by Crippen LogP contribution is -2.46. The van der Waals surface area contributed by atoms with Crippen LogP contribution in [0.2, 0.25) is 0 Å². The molecule has 1 aromatic heterocycles. The average molecular weight is 488 g/mol. The van der Waals surface area contributed by atoms with E-state index in [1.807, 2.05) is 18.2 Å². The van der Waals surface area contributed by atoms with Crippen LogP contribution in [-0.2, 0) is 0 Å². The Morgan fingerprint density at radius 1 is 1.14 bits per heavy atom. The molecule has 2 aromatic carbocycles. The van der Waals surface area contributed by atoms with Gasteiger partial charge in [0.25, 0.3) is 0 Å². The predicted octanol–water partition coefficient (Wildman–Crippen LogP) is 4.47. The van der Waals surface area contributed by atoms with Gasteiger partial charge in [-0.15, -0.1) is 0 Å². The third-order valence-electron chi connectivity index (χ3n) is 7.46. The van der Waals surface area contributed by atoms with E-state index in [9.17, 15) is 14.7 Å². The van der Waals surface area contributed by atoms with Crippen molar-refractivity contribution in [3.63, 3.8) is 0 Å². The summed E-state index contributed by atoms with van der Waals surface area (Å²) < 4.78 is 23.8. The van der Waals surface area contributed by atoms with E-state index in [0.29, 0.717) is 30.2 Å². The fourth-order valence-corrected chi connectivity index (χ4v) is 5.73. The van der Waals surface area contributed by atoms with Crippen LogP contribution in [-0.4, -0.2) is 45.7 Å². The summed E-state index contributed by atoms with van der Waals surface area (Å²) in [5, 5.41) is 13.3. The Hall–Kier alpha value is -3.91. The quantitative estimate of drug-likeness (QED) is 0.565. The number of aromatic carboxylic acids is 1. The molecule has 6 rings (SSSR count). The number of hydrogen-bond donors (Lipinski definition) is 2. The Morgan fingerprint density at radius 2 is 1.89 bits per heavy atom. The van der Waals surface area contributed by atoms with Crippen molar-refractivity contribution in [1.29, 1.82) is 0 Å². The van der Waals surface area contributed by atoms with E-state index in [2.05, 4.69) is 36.2 Å². The molecule has 0 amide bonds. The van der Waals surface area contributed by atoms with Gasteiger partial charge in [0.05, 0.1) is 11.4 Å². The van der Waals surface area contributed by atoms with Gasteiger partial charge in [-0.2, -0.15) is 0 Å². The number of pyridine rings is 1. The SMILES string of the molecule is Cc1cccc(C)c1NC1CCN(C2C(F)=Cc3c4n(cc(C(=O)O)c3=O)-c3ccccc3OC42)C1. The molecule has 2 aliphatic heterocycles. The van der Waals surface area contributed by atoms with Gasteiger partial charge >= 0.3 is 5.97 Å². The van der Waals surface area contributed by atoms with Gasteiger partial charge in [-0.3, -0.25) is 9.69 Å². The van der Waals surface area contributed by atoms with Crippen LogP contribution in [0.5, 0.6) is 5.75 Å². The standard InChI is InChI=1S/C28H26FN3O4/c1-15-6-5-7-16(2)23(15)30-17-10-11-31(13-17)25-20(29)12-18-24-27(25)36-22-9-4-3-8-21(22)32(24)14-19(26(18)33)28(34)35/h3-9,12,14,17,25,27,30H,10-11,13H2,1-2H3,(H,34,35). The largest absolute Gasteiger partial charge is 0.480 e. The monoisotopic (exact) mass is 487 g/mol. The fraction of sp³-hybridized carbons (Fsp3) is 0.286. The number of hydrogen-bond acceptors (Lipinski definition) is 5. The van der Waals surface area contributed by atoms with E-state index in [4.69, 9.17) is 4.74 Å². The molecule has 7 nitrogen and oxygen atoms in total. The molecule has 3 atom stereocenters. The van der Waals surface area contributed by atoms with Crippen LogP contribution in [0.1, 0.15) is 45.3 Å². The number of para-hydroxylation sites is 3. The second kappa shape index (κ2) is 8.34. The van der Waals surface area contributed by atoms with Crippen molar-refractivity contribution in [3.8, 4) is 11.4 Å². The first-order chi connectivity index (χ1) is 17.3. The average Bonchev–Trinajstić information content (AvgIpc) is 3.31. The summed E-state index contributed by atoms with van der Waals surface area (Å²) in [4.78, 5) is 26.9. The third kappa shape index (κ3) is 3.44. The molecular formula is C28H26FN3O4. The van der Waals surface area contributed by atoms with Crippen LogP contribution in [0, 0.1) is 13.8 Å². The van der Waals surface area contributed by atoms with E-state index in [1.165, 1.54) is 12.3 Å². The summed E-state index contributed by atoms with van der Waals surface area (Å²) in [6.45, 7) is 5.40. The Balaban J connectivity index is 1.39. The minimum absolute atomic E-state index is 0.0348. The number of aromatic nitrogens is 1. The molecule has 36 heavy (non-hydrogen) atoms. The van der Waals surface area contributed by atoms with Gasteiger partial charge in [0.15, 0.2) is 6.10 Å². The Bertz CT molecular complexity index is 1470. The highest BCUT2D eigenvalue weighted by Crippen LogP contribution is 2.45. The van der Waals surface area contributed by atoms with Crippen molar-refractivity contribution in [2.24, 2.45) is 0 Å². The maximum Gasteiger partial charge on any atom is 0.341 e. The van der Waals surface area contributed by atoms with Gasteiger partial charge in [0, 0.05) is 36.6 Å². The first-order valence-electron chi connectivity index (χ1n) is 12.1. The first-order valence-corrected chi connectivity index (χ1v) is 12.1. The summed E-state index contributed by atoms with van der Waals surface area (Å²) in [7, 11) is 0. The van der Waals surface area contributed by atoms with Crippen molar-refractivity contribution in [2.75, 3.05) is 18.4 Å². The summed E-state index contributed by atoms with van der Waals surface area (Å²) in [6, 6.07) is 12.8. The predicted molar refractivity (Wildman–Crippen MR) is 135 cm³/mol. The Morgan fingerprint density at radius 3 is 2.64 bits per heavy atom. The number of ether oxygens (including phenoxy) is 1. The number of halogens is 1. The summed E-state index contributed by atoms with van der Waals surface area (Å²) in [5.74, 6) is -1.32. The number of likely N-dealkylation sites (tertiary alicyclic amines) is 1. The number of benzene rings is 2. The van der Waals surface area contributed by atoms with Crippen molar-refractivity contribution < 1.29 is 19.0 Å². The van der Waals surface area contributed by atoms with Gasteiger partial charge in [-0.05, 0) is 49.6 Å². The smallest absolute Gasteiger partial charge is 0.341 e. The van der Waals surface area contributed by atoms with Gasteiger partial charge in [-0.25, -0.2) is 9.18 Å². The topological polar surface area (TPSA) is 83.8 Å². The van der Waals surface area contributed by atoms with E-state index < -0.39 is 34.9 Å². The van der Waals surface area contributed by atoms with E-state index in [-0.39, 0.29) is 11.6 Å². The number of anilines is 1. The molecule has 1 fully saturated rings. The van der Waals surface area contributed by atoms with Crippen molar-refractivity contribution >= 4 is 17.7 Å². The maximum atomic E-state index is 15.8. The zero-order valence-electron chi connectivity index (χ0n) is 20.0. The molecule has 2 N–H and O–H groups in total. The third-order valence-corrected chi connectivity index (χ3v) is 7.46. The molecule has 3 unspecified atom stereocenters. The van der Waals surface area contributed by atoms with Gasteiger partial charge in [0.2, 0.25) is 5.43 Å². The van der Waals surface area contributed by atoms with Crippen molar-refractivity contribution in [1.82, 2.24) is 9.47 Å².